The third kappa shape index (κ3) is 1.85. The van der Waals surface area contributed by atoms with E-state index in [2.05, 4.69) is 4.98 Å². The van der Waals surface area contributed by atoms with Gasteiger partial charge in [0.15, 0.2) is 0 Å². The summed E-state index contributed by atoms with van der Waals surface area (Å²) in [5, 5.41) is 13.2. The first-order valence-corrected chi connectivity index (χ1v) is 7.01. The largest absolute Gasteiger partial charge is 0.506 e. The van der Waals surface area contributed by atoms with Crippen LogP contribution in [-0.4, -0.2) is 10.1 Å². The summed E-state index contributed by atoms with van der Waals surface area (Å²) in [6.07, 6.45) is 0.827. The van der Waals surface area contributed by atoms with Crippen molar-refractivity contribution >= 4 is 21.6 Å². The summed E-state index contributed by atoms with van der Waals surface area (Å²) in [5.41, 5.74) is 1.89. The van der Waals surface area contributed by atoms with Crippen molar-refractivity contribution in [2.45, 2.75) is 13.3 Å². The third-order valence-corrected chi connectivity index (χ3v) is 4.18. The molecule has 3 aromatic rings. The highest BCUT2D eigenvalue weighted by molar-refractivity contribution is 7.17. The van der Waals surface area contributed by atoms with Crippen LogP contribution in [-0.2, 0) is 6.42 Å². The van der Waals surface area contributed by atoms with Crippen LogP contribution in [0, 0.1) is 0 Å². The summed E-state index contributed by atoms with van der Waals surface area (Å²) in [4.78, 5) is 15.7. The average Bonchev–Trinajstić information content (AvgIpc) is 2.83. The Kier molecular flexibility index (Phi) is 2.87. The third-order valence-electron chi connectivity index (χ3n) is 3.24. The molecular formula is C15H13NO2S. The normalized spacial score (nSPS) is 11.0. The maximum absolute atomic E-state index is 12.1. The second-order valence-electron chi connectivity index (χ2n) is 4.36. The number of rotatable bonds is 2. The number of aromatic nitrogens is 1. The predicted molar refractivity (Wildman–Crippen MR) is 78.9 cm³/mol. The Balaban J connectivity index is 2.40. The van der Waals surface area contributed by atoms with E-state index in [9.17, 15) is 9.90 Å². The number of pyridine rings is 1. The van der Waals surface area contributed by atoms with Gasteiger partial charge in [-0.05, 0) is 22.9 Å². The van der Waals surface area contributed by atoms with E-state index in [0.717, 1.165) is 27.8 Å². The van der Waals surface area contributed by atoms with E-state index in [4.69, 9.17) is 0 Å². The number of aryl methyl sites for hydroxylation is 1. The summed E-state index contributed by atoms with van der Waals surface area (Å²) in [5.74, 6) is 0.0862. The number of nitrogens with one attached hydrogen (secondary N) is 1. The number of thiophene rings is 1. The van der Waals surface area contributed by atoms with Crippen molar-refractivity contribution in [2.75, 3.05) is 0 Å². The van der Waals surface area contributed by atoms with Gasteiger partial charge in [-0.15, -0.1) is 11.3 Å². The number of hydrogen-bond acceptors (Lipinski definition) is 3. The van der Waals surface area contributed by atoms with Crippen molar-refractivity contribution < 1.29 is 5.11 Å². The van der Waals surface area contributed by atoms with Gasteiger partial charge in [0.2, 0.25) is 0 Å². The highest BCUT2D eigenvalue weighted by Crippen LogP contribution is 2.36. The fourth-order valence-electron chi connectivity index (χ4n) is 2.28. The first-order chi connectivity index (χ1) is 9.22. The van der Waals surface area contributed by atoms with E-state index in [-0.39, 0.29) is 11.3 Å². The molecule has 0 amide bonds. The maximum atomic E-state index is 12.1. The predicted octanol–water partition coefficient (Wildman–Crippen LogP) is 3.52. The molecule has 0 radical (unpaired) electrons. The zero-order chi connectivity index (χ0) is 13.4. The lowest BCUT2D eigenvalue weighted by atomic mass is 10.0. The van der Waals surface area contributed by atoms with E-state index in [1.807, 2.05) is 42.6 Å². The highest BCUT2D eigenvalue weighted by atomic mass is 32.1. The van der Waals surface area contributed by atoms with Crippen LogP contribution < -0.4 is 5.56 Å². The minimum Gasteiger partial charge on any atom is -0.506 e. The number of fused-ring (bicyclic) bond motifs is 1. The van der Waals surface area contributed by atoms with Gasteiger partial charge in [0.25, 0.3) is 5.56 Å². The summed E-state index contributed by atoms with van der Waals surface area (Å²) >= 11 is 1.46. The van der Waals surface area contributed by atoms with Gasteiger partial charge in [-0.2, -0.15) is 0 Å². The van der Waals surface area contributed by atoms with E-state index in [1.165, 1.54) is 11.3 Å². The number of H-pyrrole nitrogens is 1. The molecule has 3 nitrogen and oxygen atoms in total. The molecule has 0 saturated heterocycles. The van der Waals surface area contributed by atoms with Crippen molar-refractivity contribution in [3.8, 4) is 16.9 Å². The molecule has 0 atom stereocenters. The zero-order valence-corrected chi connectivity index (χ0v) is 11.3. The van der Waals surface area contributed by atoms with Crippen LogP contribution in [0.15, 0.2) is 40.5 Å². The van der Waals surface area contributed by atoms with Crippen molar-refractivity contribution in [3.05, 3.63) is 51.6 Å². The molecule has 2 aromatic heterocycles. The first-order valence-electron chi connectivity index (χ1n) is 6.13. The van der Waals surface area contributed by atoms with Crippen LogP contribution in [0.3, 0.4) is 0 Å². The maximum Gasteiger partial charge on any atom is 0.260 e. The van der Waals surface area contributed by atoms with E-state index < -0.39 is 0 Å². The minimum atomic E-state index is -0.249. The smallest absolute Gasteiger partial charge is 0.260 e. The van der Waals surface area contributed by atoms with Gasteiger partial charge in [0.05, 0.1) is 10.9 Å². The van der Waals surface area contributed by atoms with Gasteiger partial charge in [-0.1, -0.05) is 37.3 Å². The minimum absolute atomic E-state index is 0.0862. The molecule has 0 unspecified atom stereocenters. The molecule has 4 heteroatoms. The molecule has 0 aliphatic heterocycles. The lowest BCUT2D eigenvalue weighted by molar-refractivity contribution is 0.482. The Morgan fingerprint density at radius 2 is 2.00 bits per heavy atom. The SMILES string of the molecule is CCc1csc2[nH]c(=O)c(-c3ccccc3)c(O)c12. The molecule has 2 heterocycles. The molecule has 96 valence electrons. The number of hydrogen-bond donors (Lipinski definition) is 2. The van der Waals surface area contributed by atoms with Gasteiger partial charge >= 0.3 is 0 Å². The molecule has 0 spiro atoms. The second kappa shape index (κ2) is 4.55. The quantitative estimate of drug-likeness (QED) is 0.749. The highest BCUT2D eigenvalue weighted by Gasteiger charge is 2.16. The molecule has 3 rings (SSSR count). The van der Waals surface area contributed by atoms with Gasteiger partial charge in [0.1, 0.15) is 10.6 Å². The number of aromatic hydroxyl groups is 1. The van der Waals surface area contributed by atoms with Crippen molar-refractivity contribution in [1.82, 2.24) is 4.98 Å². The zero-order valence-electron chi connectivity index (χ0n) is 10.4. The molecular weight excluding hydrogens is 258 g/mol. The van der Waals surface area contributed by atoms with Gasteiger partial charge in [-0.25, -0.2) is 0 Å². The number of benzene rings is 1. The molecule has 2 N–H and O–H groups in total. The first kappa shape index (κ1) is 12.0. The Morgan fingerprint density at radius 3 is 2.68 bits per heavy atom. The molecule has 19 heavy (non-hydrogen) atoms. The summed E-state index contributed by atoms with van der Waals surface area (Å²) in [6, 6.07) is 9.25. The fraction of sp³-hybridized carbons (Fsp3) is 0.133. The Morgan fingerprint density at radius 1 is 1.26 bits per heavy atom. The molecule has 0 saturated carbocycles. The van der Waals surface area contributed by atoms with E-state index in [0.29, 0.717) is 5.56 Å². The molecule has 0 aliphatic carbocycles. The van der Waals surface area contributed by atoms with Crippen LogP contribution >= 0.6 is 11.3 Å². The van der Waals surface area contributed by atoms with Gasteiger partial charge < -0.3 is 10.1 Å². The average molecular weight is 271 g/mol. The van der Waals surface area contributed by atoms with Crippen LogP contribution in [0.25, 0.3) is 21.3 Å². The van der Waals surface area contributed by atoms with Crippen LogP contribution in [0.2, 0.25) is 0 Å². The summed E-state index contributed by atoms with van der Waals surface area (Å²) in [6.45, 7) is 2.04. The van der Waals surface area contributed by atoms with Crippen molar-refractivity contribution in [1.29, 1.82) is 0 Å². The topological polar surface area (TPSA) is 53.1 Å². The Hall–Kier alpha value is -2.07. The monoisotopic (exact) mass is 271 g/mol. The van der Waals surface area contributed by atoms with E-state index in [1.54, 1.807) is 0 Å². The lowest BCUT2D eigenvalue weighted by Gasteiger charge is -2.06. The van der Waals surface area contributed by atoms with Crippen molar-refractivity contribution in [3.63, 3.8) is 0 Å². The molecule has 1 aromatic carbocycles. The van der Waals surface area contributed by atoms with E-state index >= 15 is 0 Å². The standard InChI is InChI=1S/C15H13NO2S/c1-2-9-8-19-15-12(9)13(17)11(14(18)16-15)10-6-4-3-5-7-10/h3-8H,2H2,1H3,(H2,16,17,18). The molecule has 0 fully saturated rings. The number of aromatic amines is 1. The fourth-order valence-corrected chi connectivity index (χ4v) is 3.32. The summed E-state index contributed by atoms with van der Waals surface area (Å²) in [7, 11) is 0. The summed E-state index contributed by atoms with van der Waals surface area (Å²) < 4.78 is 0. The second-order valence-corrected chi connectivity index (χ2v) is 5.24. The Bertz CT molecular complexity index is 787. The molecule has 0 bridgehead atoms. The lowest BCUT2D eigenvalue weighted by Crippen LogP contribution is -2.08. The van der Waals surface area contributed by atoms with Gasteiger partial charge in [-0.3, -0.25) is 4.79 Å². The van der Waals surface area contributed by atoms with Crippen LogP contribution in [0.5, 0.6) is 5.75 Å². The Labute approximate surface area is 114 Å². The van der Waals surface area contributed by atoms with Crippen LogP contribution in [0.1, 0.15) is 12.5 Å². The van der Waals surface area contributed by atoms with Crippen molar-refractivity contribution in [2.24, 2.45) is 0 Å². The van der Waals surface area contributed by atoms with Gasteiger partial charge in [0, 0.05) is 0 Å². The van der Waals surface area contributed by atoms with Crippen LogP contribution in [0.4, 0.5) is 0 Å². The molecule has 0 aliphatic rings.